The van der Waals surface area contributed by atoms with Gasteiger partial charge in [0.15, 0.2) is 0 Å². The maximum atomic E-state index is 12.8. The number of halogens is 4. The average molecular weight is 400 g/mol. The summed E-state index contributed by atoms with van der Waals surface area (Å²) in [6.07, 6.45) is -4.15. The van der Waals surface area contributed by atoms with E-state index in [2.05, 4.69) is 9.97 Å². The van der Waals surface area contributed by atoms with Crippen LogP contribution in [0, 0.1) is 5.82 Å². The molecule has 152 valence electrons. The molecule has 1 fully saturated rings. The average Bonchev–Trinajstić information content (AvgIpc) is 2.68. The van der Waals surface area contributed by atoms with E-state index in [0.717, 1.165) is 12.3 Å². The lowest BCUT2D eigenvalue weighted by Gasteiger charge is -2.35. The molecule has 2 heterocycles. The normalized spacial score (nSPS) is 16.8. The Labute approximate surface area is 159 Å². The number of anilines is 1. The number of aliphatic hydroxyl groups excluding tert-OH is 1. The van der Waals surface area contributed by atoms with Crippen LogP contribution in [0.4, 0.5) is 23.5 Å². The SMILES string of the molecule is OC(COc1ccc(F)cc1)CN1CCN(c2nccc(C(F)(F)F)n2)CC1. The molecular weight excluding hydrogens is 380 g/mol. The van der Waals surface area contributed by atoms with E-state index in [-0.39, 0.29) is 18.4 Å². The number of benzene rings is 1. The third kappa shape index (κ3) is 5.52. The van der Waals surface area contributed by atoms with Crippen LogP contribution in [0.1, 0.15) is 5.69 Å². The molecule has 0 saturated carbocycles. The number of piperazine rings is 1. The zero-order valence-electron chi connectivity index (χ0n) is 14.9. The van der Waals surface area contributed by atoms with Crippen molar-refractivity contribution in [2.24, 2.45) is 0 Å². The molecule has 1 N–H and O–H groups in total. The van der Waals surface area contributed by atoms with Crippen LogP contribution in [0.15, 0.2) is 36.5 Å². The molecule has 0 radical (unpaired) electrons. The lowest BCUT2D eigenvalue weighted by molar-refractivity contribution is -0.141. The molecule has 1 aromatic heterocycles. The highest BCUT2D eigenvalue weighted by molar-refractivity contribution is 5.31. The summed E-state index contributed by atoms with van der Waals surface area (Å²) >= 11 is 0. The van der Waals surface area contributed by atoms with Crippen LogP contribution < -0.4 is 9.64 Å². The molecule has 1 aliphatic rings. The molecule has 1 aromatic carbocycles. The van der Waals surface area contributed by atoms with Gasteiger partial charge < -0.3 is 14.7 Å². The van der Waals surface area contributed by atoms with Gasteiger partial charge in [0, 0.05) is 38.9 Å². The number of rotatable bonds is 6. The Kier molecular flexibility index (Phi) is 6.30. The van der Waals surface area contributed by atoms with E-state index in [0.29, 0.717) is 38.5 Å². The molecule has 1 atom stereocenters. The molecule has 10 heteroatoms. The first-order chi connectivity index (χ1) is 13.3. The van der Waals surface area contributed by atoms with Crippen LogP contribution in [0.2, 0.25) is 0 Å². The molecule has 1 unspecified atom stereocenters. The summed E-state index contributed by atoms with van der Waals surface area (Å²) in [4.78, 5) is 11.2. The fraction of sp³-hybridized carbons (Fsp3) is 0.444. The number of aromatic nitrogens is 2. The molecule has 0 spiro atoms. The van der Waals surface area contributed by atoms with E-state index in [1.165, 1.54) is 24.3 Å². The van der Waals surface area contributed by atoms with Crippen LogP contribution in [-0.2, 0) is 6.18 Å². The lowest BCUT2D eigenvalue weighted by Crippen LogP contribution is -2.49. The van der Waals surface area contributed by atoms with Crippen LogP contribution >= 0.6 is 0 Å². The van der Waals surface area contributed by atoms with E-state index in [1.807, 2.05) is 4.90 Å². The number of hydrogen-bond donors (Lipinski definition) is 1. The van der Waals surface area contributed by atoms with E-state index < -0.39 is 18.0 Å². The standard InChI is InChI=1S/C18H20F4N4O2/c19-13-1-3-15(4-2-13)28-12-14(27)11-25-7-9-26(10-8-25)17-23-6-5-16(24-17)18(20,21)22/h1-6,14,27H,7-12H2. The summed E-state index contributed by atoms with van der Waals surface area (Å²) in [5.74, 6) is 0.150. The molecule has 6 nitrogen and oxygen atoms in total. The first kappa shape index (κ1) is 20.3. The largest absolute Gasteiger partial charge is 0.491 e. The topological polar surface area (TPSA) is 61.7 Å². The summed E-state index contributed by atoms with van der Waals surface area (Å²) < 4.78 is 56.6. The van der Waals surface area contributed by atoms with Crippen molar-refractivity contribution in [3.63, 3.8) is 0 Å². The van der Waals surface area contributed by atoms with Gasteiger partial charge in [0.25, 0.3) is 0 Å². The number of β-amino-alcohol motifs (C(OH)–C–C–N with tert-alkyl or cyclic N) is 1. The van der Waals surface area contributed by atoms with Crippen molar-refractivity contribution in [1.29, 1.82) is 0 Å². The van der Waals surface area contributed by atoms with Gasteiger partial charge in [0.05, 0.1) is 0 Å². The molecule has 1 aliphatic heterocycles. The smallest absolute Gasteiger partial charge is 0.433 e. The Morgan fingerprint density at radius 1 is 1.07 bits per heavy atom. The van der Waals surface area contributed by atoms with E-state index in [9.17, 15) is 22.7 Å². The van der Waals surface area contributed by atoms with Crippen molar-refractivity contribution in [3.8, 4) is 5.75 Å². The van der Waals surface area contributed by atoms with Crippen molar-refractivity contribution in [3.05, 3.63) is 48.0 Å². The molecule has 3 rings (SSSR count). The third-order valence-electron chi connectivity index (χ3n) is 4.31. The summed E-state index contributed by atoms with van der Waals surface area (Å²) in [5, 5.41) is 10.1. The monoisotopic (exact) mass is 400 g/mol. The number of hydrogen-bond acceptors (Lipinski definition) is 6. The number of alkyl halides is 3. The molecule has 0 aliphatic carbocycles. The second kappa shape index (κ2) is 8.70. The van der Waals surface area contributed by atoms with Gasteiger partial charge in [-0.2, -0.15) is 13.2 Å². The van der Waals surface area contributed by atoms with E-state index in [1.54, 1.807) is 4.90 Å². The molecule has 28 heavy (non-hydrogen) atoms. The van der Waals surface area contributed by atoms with Gasteiger partial charge in [0.1, 0.15) is 30.0 Å². The molecular formula is C18H20F4N4O2. The number of nitrogens with zero attached hydrogens (tertiary/aromatic N) is 4. The number of aliphatic hydroxyl groups is 1. The maximum Gasteiger partial charge on any atom is 0.433 e. The van der Waals surface area contributed by atoms with Crippen LogP contribution in [0.3, 0.4) is 0 Å². The second-order valence-electron chi connectivity index (χ2n) is 6.45. The lowest BCUT2D eigenvalue weighted by atomic mass is 10.2. The quantitative estimate of drug-likeness (QED) is 0.751. The van der Waals surface area contributed by atoms with Crippen molar-refractivity contribution in [2.45, 2.75) is 12.3 Å². The van der Waals surface area contributed by atoms with Crippen molar-refractivity contribution in [2.75, 3.05) is 44.2 Å². The third-order valence-corrected chi connectivity index (χ3v) is 4.31. The molecule has 0 bridgehead atoms. The summed E-state index contributed by atoms with van der Waals surface area (Å²) in [6, 6.07) is 6.36. The van der Waals surface area contributed by atoms with Crippen LogP contribution in [-0.4, -0.2) is 65.4 Å². The first-order valence-electron chi connectivity index (χ1n) is 8.75. The van der Waals surface area contributed by atoms with Crippen molar-refractivity contribution in [1.82, 2.24) is 14.9 Å². The molecule has 1 saturated heterocycles. The zero-order valence-corrected chi connectivity index (χ0v) is 14.9. The van der Waals surface area contributed by atoms with Gasteiger partial charge >= 0.3 is 6.18 Å². The van der Waals surface area contributed by atoms with Gasteiger partial charge in [-0.25, -0.2) is 14.4 Å². The van der Waals surface area contributed by atoms with E-state index >= 15 is 0 Å². The fourth-order valence-corrected chi connectivity index (χ4v) is 2.86. The highest BCUT2D eigenvalue weighted by Gasteiger charge is 2.33. The van der Waals surface area contributed by atoms with Gasteiger partial charge in [0.2, 0.25) is 5.95 Å². The Hall–Kier alpha value is -2.46. The fourth-order valence-electron chi connectivity index (χ4n) is 2.86. The summed E-state index contributed by atoms with van der Waals surface area (Å²) in [6.45, 7) is 2.42. The second-order valence-corrected chi connectivity index (χ2v) is 6.45. The summed E-state index contributed by atoms with van der Waals surface area (Å²) in [7, 11) is 0. The van der Waals surface area contributed by atoms with Gasteiger partial charge in [-0.15, -0.1) is 0 Å². The van der Waals surface area contributed by atoms with Crippen molar-refractivity contribution < 1.29 is 27.4 Å². The number of ether oxygens (including phenoxy) is 1. The molecule has 0 amide bonds. The highest BCUT2D eigenvalue weighted by Crippen LogP contribution is 2.28. The Balaban J connectivity index is 1.45. The van der Waals surface area contributed by atoms with E-state index in [4.69, 9.17) is 4.74 Å². The maximum absolute atomic E-state index is 12.8. The van der Waals surface area contributed by atoms with Gasteiger partial charge in [-0.05, 0) is 30.3 Å². The zero-order chi connectivity index (χ0) is 20.1. The summed E-state index contributed by atoms with van der Waals surface area (Å²) in [5.41, 5.74) is -0.965. The Bertz CT molecular complexity index is 765. The minimum absolute atomic E-state index is 0.0506. The highest BCUT2D eigenvalue weighted by atomic mass is 19.4. The van der Waals surface area contributed by atoms with Crippen molar-refractivity contribution >= 4 is 5.95 Å². The van der Waals surface area contributed by atoms with Crippen LogP contribution in [0.25, 0.3) is 0 Å². The Morgan fingerprint density at radius 3 is 2.39 bits per heavy atom. The van der Waals surface area contributed by atoms with Gasteiger partial charge in [-0.1, -0.05) is 0 Å². The first-order valence-corrected chi connectivity index (χ1v) is 8.75. The van der Waals surface area contributed by atoms with Gasteiger partial charge in [-0.3, -0.25) is 4.90 Å². The minimum Gasteiger partial charge on any atom is -0.491 e. The molecule has 2 aromatic rings. The van der Waals surface area contributed by atoms with Crippen LogP contribution in [0.5, 0.6) is 5.75 Å². The predicted molar refractivity (Wildman–Crippen MR) is 93.6 cm³/mol. The minimum atomic E-state index is -4.51. The Morgan fingerprint density at radius 2 is 1.75 bits per heavy atom. The predicted octanol–water partition coefficient (Wildman–Crippen LogP) is 2.20.